The molecule has 196 valence electrons. The lowest BCUT2D eigenvalue weighted by Gasteiger charge is -2.31. The smallest absolute Gasteiger partial charge is 0.338 e. The number of ether oxygens (including phenoxy) is 2. The lowest BCUT2D eigenvalue weighted by molar-refractivity contribution is 0.0211. The highest BCUT2D eigenvalue weighted by Gasteiger charge is 2.34. The summed E-state index contributed by atoms with van der Waals surface area (Å²) in [6.45, 7) is 0.318. The van der Waals surface area contributed by atoms with E-state index in [-0.39, 0.29) is 18.0 Å². The summed E-state index contributed by atoms with van der Waals surface area (Å²) in [7, 11) is 1.57. The Balaban J connectivity index is 1.42. The molecule has 0 spiro atoms. The van der Waals surface area contributed by atoms with E-state index in [4.69, 9.17) is 26.1 Å². The third kappa shape index (κ3) is 5.91. The molecule has 0 saturated heterocycles. The van der Waals surface area contributed by atoms with Gasteiger partial charge in [-0.25, -0.2) is 9.79 Å². The van der Waals surface area contributed by atoms with Gasteiger partial charge < -0.3 is 14.4 Å². The fraction of sp³-hybridized carbons (Fsp3) is 0.323. The van der Waals surface area contributed by atoms with Gasteiger partial charge in [-0.1, -0.05) is 60.5 Å². The van der Waals surface area contributed by atoms with Gasteiger partial charge in [-0.05, 0) is 67.1 Å². The van der Waals surface area contributed by atoms with Gasteiger partial charge >= 0.3 is 5.97 Å². The third-order valence-electron chi connectivity index (χ3n) is 7.19. The Morgan fingerprint density at radius 2 is 1.71 bits per heavy atom. The summed E-state index contributed by atoms with van der Waals surface area (Å²) in [5, 5.41) is 0.500. The van der Waals surface area contributed by atoms with Gasteiger partial charge in [-0.2, -0.15) is 0 Å². The Hall–Kier alpha value is -3.64. The van der Waals surface area contributed by atoms with Crippen LogP contribution in [0.1, 0.15) is 63.9 Å². The third-order valence-corrected chi connectivity index (χ3v) is 7.43. The van der Waals surface area contributed by atoms with Crippen molar-refractivity contribution in [2.24, 2.45) is 4.99 Å². The fourth-order valence-corrected chi connectivity index (χ4v) is 5.31. The highest BCUT2D eigenvalue weighted by molar-refractivity contribution is 6.31. The molecule has 0 bridgehead atoms. The molecule has 1 atom stereocenters. The number of nitrogens with zero attached hydrogens (tertiary/aromatic N) is 2. The normalized spacial score (nSPS) is 17.8. The molecule has 0 radical (unpaired) electrons. The average Bonchev–Trinajstić information content (AvgIpc) is 3.04. The van der Waals surface area contributed by atoms with E-state index >= 15 is 0 Å². The highest BCUT2D eigenvalue weighted by atomic mass is 35.5. The minimum absolute atomic E-state index is 0.00437. The van der Waals surface area contributed by atoms with Crippen LogP contribution in [0, 0.1) is 0 Å². The van der Waals surface area contributed by atoms with Crippen LogP contribution < -0.4 is 0 Å². The molecule has 1 fully saturated rings. The molecule has 0 aromatic heterocycles. The van der Waals surface area contributed by atoms with Gasteiger partial charge in [0.1, 0.15) is 12.1 Å². The molecular weight excluding hydrogens is 500 g/mol. The summed E-state index contributed by atoms with van der Waals surface area (Å²) in [6, 6.07) is 21.9. The lowest BCUT2D eigenvalue weighted by Crippen LogP contribution is -2.45. The SMILES string of the molecule is COC1=Nc2cc(Cl)ccc2C(=O)N(Cc2ccc(C(=O)OC3CCCCC3)cc2)[C@@H]1Cc1ccccc1. The zero-order valence-corrected chi connectivity index (χ0v) is 22.2. The molecule has 3 aromatic carbocycles. The van der Waals surface area contributed by atoms with Crippen molar-refractivity contribution in [2.45, 2.75) is 57.2 Å². The molecule has 38 heavy (non-hydrogen) atoms. The van der Waals surface area contributed by atoms with E-state index in [1.807, 2.05) is 42.5 Å². The van der Waals surface area contributed by atoms with Gasteiger partial charge in [0.2, 0.25) is 5.90 Å². The molecule has 1 saturated carbocycles. The van der Waals surface area contributed by atoms with Crippen molar-refractivity contribution in [2.75, 3.05) is 7.11 Å². The van der Waals surface area contributed by atoms with Crippen molar-refractivity contribution >= 4 is 35.1 Å². The molecule has 2 aliphatic rings. The Labute approximate surface area is 228 Å². The Morgan fingerprint density at radius 1 is 0.974 bits per heavy atom. The van der Waals surface area contributed by atoms with Gasteiger partial charge in [0.15, 0.2) is 0 Å². The highest BCUT2D eigenvalue weighted by Crippen LogP contribution is 2.31. The monoisotopic (exact) mass is 530 g/mol. The molecular formula is C31H31ClN2O4. The second kappa shape index (κ2) is 11.8. The summed E-state index contributed by atoms with van der Waals surface area (Å²) in [4.78, 5) is 33.1. The predicted molar refractivity (Wildman–Crippen MR) is 148 cm³/mol. The first-order valence-electron chi connectivity index (χ1n) is 13.1. The number of esters is 1. The van der Waals surface area contributed by atoms with Crippen molar-refractivity contribution in [1.29, 1.82) is 0 Å². The molecule has 1 amide bonds. The van der Waals surface area contributed by atoms with Crippen LogP contribution in [0.4, 0.5) is 5.69 Å². The van der Waals surface area contributed by atoms with Gasteiger partial charge in [0.25, 0.3) is 5.91 Å². The minimum Gasteiger partial charge on any atom is -0.483 e. The second-order valence-electron chi connectivity index (χ2n) is 9.82. The number of benzene rings is 3. The van der Waals surface area contributed by atoms with Crippen molar-refractivity contribution < 1.29 is 19.1 Å². The molecule has 1 aliphatic heterocycles. The van der Waals surface area contributed by atoms with Crippen molar-refractivity contribution in [1.82, 2.24) is 4.90 Å². The number of carbonyl (C=O) groups is 2. The zero-order valence-electron chi connectivity index (χ0n) is 21.4. The number of methoxy groups -OCH3 is 1. The number of carbonyl (C=O) groups excluding carboxylic acids is 2. The van der Waals surface area contributed by atoms with Crippen molar-refractivity contribution in [3.8, 4) is 0 Å². The quantitative estimate of drug-likeness (QED) is 0.330. The van der Waals surface area contributed by atoms with Gasteiger partial charge in [-0.3, -0.25) is 4.79 Å². The summed E-state index contributed by atoms with van der Waals surface area (Å²) in [5.41, 5.74) is 3.41. The van der Waals surface area contributed by atoms with Crippen LogP contribution >= 0.6 is 11.6 Å². The number of hydrogen-bond acceptors (Lipinski definition) is 5. The number of amides is 1. The van der Waals surface area contributed by atoms with E-state index in [1.165, 1.54) is 6.42 Å². The maximum absolute atomic E-state index is 13.9. The van der Waals surface area contributed by atoms with E-state index < -0.39 is 6.04 Å². The van der Waals surface area contributed by atoms with Gasteiger partial charge in [-0.15, -0.1) is 0 Å². The van der Waals surface area contributed by atoms with Crippen molar-refractivity contribution in [3.05, 3.63) is 100 Å². The summed E-state index contributed by atoms with van der Waals surface area (Å²) < 4.78 is 11.5. The molecule has 0 unspecified atom stereocenters. The van der Waals surface area contributed by atoms with E-state index in [2.05, 4.69) is 0 Å². The van der Waals surface area contributed by atoms with Crippen LogP contribution in [0.5, 0.6) is 0 Å². The first-order valence-corrected chi connectivity index (χ1v) is 13.5. The van der Waals surface area contributed by atoms with Crippen LogP contribution in [-0.4, -0.2) is 41.9 Å². The van der Waals surface area contributed by atoms with E-state index in [1.54, 1.807) is 42.3 Å². The summed E-state index contributed by atoms with van der Waals surface area (Å²) in [6.07, 6.45) is 5.81. The topological polar surface area (TPSA) is 68.2 Å². The van der Waals surface area contributed by atoms with Crippen LogP contribution in [0.3, 0.4) is 0 Å². The molecule has 0 N–H and O–H groups in total. The zero-order chi connectivity index (χ0) is 26.5. The fourth-order valence-electron chi connectivity index (χ4n) is 5.14. The molecule has 7 heteroatoms. The maximum atomic E-state index is 13.9. The molecule has 1 heterocycles. The molecule has 5 rings (SSSR count). The number of halogens is 1. The van der Waals surface area contributed by atoms with E-state index in [9.17, 15) is 9.59 Å². The van der Waals surface area contributed by atoms with E-state index in [0.717, 1.165) is 36.8 Å². The Bertz CT molecular complexity index is 1320. The van der Waals surface area contributed by atoms with Crippen LogP contribution in [0.25, 0.3) is 0 Å². The van der Waals surface area contributed by atoms with E-state index in [0.29, 0.717) is 40.7 Å². The standard InChI is InChI=1S/C31H31ClN2O4/c1-37-29-28(18-21-8-4-2-5-9-21)34(30(35)26-17-16-24(32)19-27(26)33-29)20-22-12-14-23(15-13-22)31(36)38-25-10-6-3-7-11-25/h2,4-5,8-9,12-17,19,25,28H,3,6-7,10-11,18,20H2,1H3/t28-/m1/s1. The number of rotatable bonds is 6. The van der Waals surface area contributed by atoms with Gasteiger partial charge in [0.05, 0.1) is 23.9 Å². The largest absolute Gasteiger partial charge is 0.483 e. The number of fused-ring (bicyclic) bond motifs is 1. The van der Waals surface area contributed by atoms with Crippen LogP contribution in [-0.2, 0) is 22.4 Å². The van der Waals surface area contributed by atoms with Crippen molar-refractivity contribution in [3.63, 3.8) is 0 Å². The lowest BCUT2D eigenvalue weighted by atomic mass is 9.98. The summed E-state index contributed by atoms with van der Waals surface area (Å²) >= 11 is 6.23. The Kier molecular flexibility index (Phi) is 8.08. The maximum Gasteiger partial charge on any atom is 0.338 e. The Morgan fingerprint density at radius 3 is 2.42 bits per heavy atom. The van der Waals surface area contributed by atoms with Gasteiger partial charge in [0, 0.05) is 18.0 Å². The molecule has 6 nitrogen and oxygen atoms in total. The first-order chi connectivity index (χ1) is 18.5. The summed E-state index contributed by atoms with van der Waals surface area (Å²) in [5.74, 6) is -0.0130. The minimum atomic E-state index is -0.433. The first kappa shape index (κ1) is 26.0. The van der Waals surface area contributed by atoms with Crippen LogP contribution in [0.15, 0.2) is 77.8 Å². The number of aliphatic imine (C=N–C) groups is 1. The predicted octanol–water partition coefficient (Wildman–Crippen LogP) is 6.77. The molecule has 3 aromatic rings. The number of hydrogen-bond donors (Lipinski definition) is 0. The van der Waals surface area contributed by atoms with Crippen LogP contribution in [0.2, 0.25) is 5.02 Å². The molecule has 1 aliphatic carbocycles. The second-order valence-corrected chi connectivity index (χ2v) is 10.3. The average molecular weight is 531 g/mol.